The lowest BCUT2D eigenvalue weighted by atomic mass is 10.0. The summed E-state index contributed by atoms with van der Waals surface area (Å²) in [5, 5.41) is 0. The Morgan fingerprint density at radius 3 is 2.61 bits per heavy atom. The van der Waals surface area contributed by atoms with Crippen molar-refractivity contribution in [2.24, 2.45) is 0 Å². The zero-order valence-corrected chi connectivity index (χ0v) is 9.77. The number of aromatic amines is 1. The molecule has 2 aromatic carbocycles. The Bertz CT molecular complexity index is 738. The molecule has 0 fully saturated rings. The second-order valence-corrected chi connectivity index (χ2v) is 3.93. The van der Waals surface area contributed by atoms with Gasteiger partial charge in [0.2, 0.25) is 0 Å². The maximum atomic E-state index is 11.2. The van der Waals surface area contributed by atoms with Crippen LogP contribution in [0.1, 0.15) is 0 Å². The van der Waals surface area contributed by atoms with Gasteiger partial charge in [-0.15, -0.1) is 0 Å². The maximum Gasteiger partial charge on any atom is 0.417 e. The number of ether oxygens (including phenoxy) is 1. The van der Waals surface area contributed by atoms with Crippen LogP contribution in [0, 0.1) is 0 Å². The van der Waals surface area contributed by atoms with Crippen LogP contribution in [-0.2, 0) is 0 Å². The van der Waals surface area contributed by atoms with E-state index in [1.54, 1.807) is 7.11 Å². The standard InChI is InChI=1S/C14H11NO3/c1-17-10-7-5-9(6-8-10)11-3-2-4-12-13(11)18-14(16)15-12/h2-8H,1H3,(H,15,16). The number of oxazole rings is 1. The highest BCUT2D eigenvalue weighted by Gasteiger charge is 2.08. The van der Waals surface area contributed by atoms with Gasteiger partial charge in [-0.3, -0.25) is 4.98 Å². The second kappa shape index (κ2) is 4.07. The van der Waals surface area contributed by atoms with Crippen LogP contribution in [0.2, 0.25) is 0 Å². The van der Waals surface area contributed by atoms with E-state index in [0.717, 1.165) is 16.9 Å². The summed E-state index contributed by atoms with van der Waals surface area (Å²) in [7, 11) is 1.63. The van der Waals surface area contributed by atoms with E-state index < -0.39 is 5.76 Å². The molecule has 18 heavy (non-hydrogen) atoms. The molecular formula is C14H11NO3. The van der Waals surface area contributed by atoms with Crippen LogP contribution >= 0.6 is 0 Å². The predicted molar refractivity (Wildman–Crippen MR) is 68.8 cm³/mol. The third kappa shape index (κ3) is 1.68. The first-order valence-electron chi connectivity index (χ1n) is 5.54. The molecule has 1 aromatic heterocycles. The number of aromatic nitrogens is 1. The predicted octanol–water partition coefficient (Wildman–Crippen LogP) is 2.80. The summed E-state index contributed by atoms with van der Waals surface area (Å²) in [5.74, 6) is 0.354. The number of hydrogen-bond donors (Lipinski definition) is 1. The van der Waals surface area contributed by atoms with Crippen molar-refractivity contribution < 1.29 is 9.15 Å². The summed E-state index contributed by atoms with van der Waals surface area (Å²) < 4.78 is 10.3. The molecule has 1 N–H and O–H groups in total. The van der Waals surface area contributed by atoms with Gasteiger partial charge in [-0.25, -0.2) is 4.79 Å². The Balaban J connectivity index is 2.20. The number of hydrogen-bond acceptors (Lipinski definition) is 3. The normalized spacial score (nSPS) is 10.7. The molecule has 4 nitrogen and oxygen atoms in total. The number of rotatable bonds is 2. The van der Waals surface area contributed by atoms with Crippen LogP contribution in [0.3, 0.4) is 0 Å². The molecule has 0 saturated carbocycles. The average Bonchev–Trinajstić information content (AvgIpc) is 2.79. The van der Waals surface area contributed by atoms with Crippen LogP contribution in [0.5, 0.6) is 5.75 Å². The SMILES string of the molecule is COc1ccc(-c2cccc3[nH]c(=O)oc23)cc1. The molecule has 90 valence electrons. The van der Waals surface area contributed by atoms with E-state index in [4.69, 9.17) is 9.15 Å². The summed E-state index contributed by atoms with van der Waals surface area (Å²) in [6.07, 6.45) is 0. The fraction of sp³-hybridized carbons (Fsp3) is 0.0714. The van der Waals surface area contributed by atoms with E-state index >= 15 is 0 Å². The van der Waals surface area contributed by atoms with E-state index in [1.165, 1.54) is 0 Å². The lowest BCUT2D eigenvalue weighted by molar-refractivity contribution is 0.415. The number of nitrogens with one attached hydrogen (secondary N) is 1. The number of para-hydroxylation sites is 1. The molecular weight excluding hydrogens is 230 g/mol. The van der Waals surface area contributed by atoms with Crippen molar-refractivity contribution in [2.75, 3.05) is 7.11 Å². The van der Waals surface area contributed by atoms with E-state index in [9.17, 15) is 4.79 Å². The van der Waals surface area contributed by atoms with Crippen molar-refractivity contribution in [1.29, 1.82) is 0 Å². The molecule has 0 radical (unpaired) electrons. The third-order valence-electron chi connectivity index (χ3n) is 2.85. The molecule has 0 bridgehead atoms. The molecule has 0 aliphatic carbocycles. The van der Waals surface area contributed by atoms with Gasteiger partial charge in [0.25, 0.3) is 0 Å². The van der Waals surface area contributed by atoms with Crippen LogP contribution < -0.4 is 10.5 Å². The van der Waals surface area contributed by atoms with Crippen LogP contribution in [0.4, 0.5) is 0 Å². The van der Waals surface area contributed by atoms with Gasteiger partial charge in [0, 0.05) is 5.56 Å². The minimum Gasteiger partial charge on any atom is -0.497 e. The highest BCUT2D eigenvalue weighted by atomic mass is 16.5. The minimum absolute atomic E-state index is 0.439. The van der Waals surface area contributed by atoms with E-state index in [2.05, 4.69) is 4.98 Å². The van der Waals surface area contributed by atoms with Gasteiger partial charge < -0.3 is 9.15 Å². The first kappa shape index (κ1) is 10.7. The maximum absolute atomic E-state index is 11.2. The highest BCUT2D eigenvalue weighted by molar-refractivity contribution is 5.89. The Morgan fingerprint density at radius 2 is 1.89 bits per heavy atom. The fourth-order valence-corrected chi connectivity index (χ4v) is 1.97. The molecule has 0 aliphatic heterocycles. The monoisotopic (exact) mass is 241 g/mol. The lowest BCUT2D eigenvalue weighted by Gasteiger charge is -2.03. The Kier molecular flexibility index (Phi) is 2.41. The van der Waals surface area contributed by atoms with Gasteiger partial charge in [-0.1, -0.05) is 24.3 Å². The summed E-state index contributed by atoms with van der Waals surface area (Å²) in [4.78, 5) is 13.9. The van der Waals surface area contributed by atoms with Gasteiger partial charge in [0.05, 0.1) is 12.6 Å². The van der Waals surface area contributed by atoms with Crippen molar-refractivity contribution in [3.63, 3.8) is 0 Å². The molecule has 1 heterocycles. The van der Waals surface area contributed by atoms with Gasteiger partial charge in [0.15, 0.2) is 5.58 Å². The van der Waals surface area contributed by atoms with Gasteiger partial charge >= 0.3 is 5.76 Å². The van der Waals surface area contributed by atoms with Crippen molar-refractivity contribution in [1.82, 2.24) is 4.98 Å². The molecule has 0 saturated heterocycles. The molecule has 4 heteroatoms. The minimum atomic E-state index is -0.439. The van der Waals surface area contributed by atoms with E-state index in [-0.39, 0.29) is 0 Å². The van der Waals surface area contributed by atoms with Crippen LogP contribution in [-0.4, -0.2) is 12.1 Å². The zero-order valence-electron chi connectivity index (χ0n) is 9.77. The smallest absolute Gasteiger partial charge is 0.417 e. The van der Waals surface area contributed by atoms with Crippen LogP contribution in [0.25, 0.3) is 22.2 Å². The Morgan fingerprint density at radius 1 is 1.11 bits per heavy atom. The van der Waals surface area contributed by atoms with Crippen molar-refractivity contribution in [3.8, 4) is 16.9 Å². The topological polar surface area (TPSA) is 55.2 Å². The molecule has 0 aliphatic rings. The molecule has 0 unspecified atom stereocenters. The van der Waals surface area contributed by atoms with Crippen molar-refractivity contribution in [2.45, 2.75) is 0 Å². The molecule has 0 amide bonds. The van der Waals surface area contributed by atoms with E-state index in [1.807, 2.05) is 42.5 Å². The van der Waals surface area contributed by atoms with Gasteiger partial charge in [0.1, 0.15) is 5.75 Å². The summed E-state index contributed by atoms with van der Waals surface area (Å²) in [6.45, 7) is 0. The number of methoxy groups -OCH3 is 1. The van der Waals surface area contributed by atoms with Crippen molar-refractivity contribution >= 4 is 11.1 Å². The van der Waals surface area contributed by atoms with Gasteiger partial charge in [-0.2, -0.15) is 0 Å². The average molecular weight is 241 g/mol. The van der Waals surface area contributed by atoms with Crippen molar-refractivity contribution in [3.05, 3.63) is 53.0 Å². The van der Waals surface area contributed by atoms with Gasteiger partial charge in [-0.05, 0) is 23.8 Å². The molecule has 0 atom stereocenters. The number of benzene rings is 2. The molecule has 3 rings (SSSR count). The third-order valence-corrected chi connectivity index (χ3v) is 2.85. The molecule has 0 spiro atoms. The molecule has 3 aromatic rings. The Hall–Kier alpha value is -2.49. The number of fused-ring (bicyclic) bond motifs is 1. The fourth-order valence-electron chi connectivity index (χ4n) is 1.97. The Labute approximate surface area is 103 Å². The lowest BCUT2D eigenvalue weighted by Crippen LogP contribution is -1.92. The first-order valence-corrected chi connectivity index (χ1v) is 5.54. The summed E-state index contributed by atoms with van der Waals surface area (Å²) >= 11 is 0. The highest BCUT2D eigenvalue weighted by Crippen LogP contribution is 2.28. The van der Waals surface area contributed by atoms with E-state index in [0.29, 0.717) is 11.1 Å². The zero-order chi connectivity index (χ0) is 12.5. The first-order chi connectivity index (χ1) is 8.78. The largest absolute Gasteiger partial charge is 0.497 e. The van der Waals surface area contributed by atoms with Crippen LogP contribution in [0.15, 0.2) is 51.7 Å². The second-order valence-electron chi connectivity index (χ2n) is 3.93. The summed E-state index contributed by atoms with van der Waals surface area (Å²) in [5.41, 5.74) is 3.14. The number of H-pyrrole nitrogens is 1. The quantitative estimate of drug-likeness (QED) is 0.750. The summed E-state index contributed by atoms with van der Waals surface area (Å²) in [6, 6.07) is 13.2.